The molecule has 0 aliphatic carbocycles. The van der Waals surface area contributed by atoms with Gasteiger partial charge < -0.3 is 5.11 Å². The highest BCUT2D eigenvalue weighted by Crippen LogP contribution is 2.32. The van der Waals surface area contributed by atoms with Gasteiger partial charge in [0.15, 0.2) is 0 Å². The zero-order chi connectivity index (χ0) is 9.42. The first-order valence-corrected chi connectivity index (χ1v) is 5.30. The van der Waals surface area contributed by atoms with E-state index in [4.69, 9.17) is 5.11 Å². The number of fused-ring (bicyclic) bond motifs is 1. The minimum atomic E-state index is 0.102. The molecule has 0 unspecified atom stereocenters. The highest BCUT2D eigenvalue weighted by molar-refractivity contribution is 7.80. The molecule has 0 radical (unpaired) electrons. The van der Waals surface area contributed by atoms with Gasteiger partial charge in [-0.25, -0.2) is 0 Å². The summed E-state index contributed by atoms with van der Waals surface area (Å²) in [5, 5.41) is 10.3. The van der Waals surface area contributed by atoms with Crippen molar-refractivity contribution in [3.05, 3.63) is 28.6 Å². The molecule has 1 nitrogen and oxygen atoms in total. The van der Waals surface area contributed by atoms with Gasteiger partial charge in [0.05, 0.1) is 6.61 Å². The minimum absolute atomic E-state index is 0.102. The molecular weight excluding hydrogens is 200 g/mol. The van der Waals surface area contributed by atoms with Gasteiger partial charge in [-0.1, -0.05) is 6.07 Å². The van der Waals surface area contributed by atoms with Crippen molar-refractivity contribution in [1.29, 1.82) is 0 Å². The van der Waals surface area contributed by atoms with E-state index in [2.05, 4.69) is 25.6 Å². The Balaban J connectivity index is 2.83. The monoisotopic (exact) mass is 210 g/mol. The summed E-state index contributed by atoms with van der Waals surface area (Å²) in [4.78, 5) is 2.24. The number of rotatable bonds is 1. The highest BCUT2D eigenvalue weighted by atomic mass is 32.1. The molecule has 1 heterocycles. The number of hydrogen-bond acceptors (Lipinski definition) is 3. The van der Waals surface area contributed by atoms with E-state index in [0.29, 0.717) is 0 Å². The van der Waals surface area contributed by atoms with Crippen LogP contribution in [-0.2, 0) is 6.61 Å². The van der Waals surface area contributed by atoms with Gasteiger partial charge in [0, 0.05) is 19.9 Å². The van der Waals surface area contributed by atoms with E-state index >= 15 is 0 Å². The molecule has 0 bridgehead atoms. The van der Waals surface area contributed by atoms with E-state index in [1.54, 1.807) is 11.3 Å². The number of aliphatic hydroxyl groups is 1. The molecule has 0 atom stereocenters. The van der Waals surface area contributed by atoms with Crippen LogP contribution < -0.4 is 0 Å². The molecule has 3 heteroatoms. The first kappa shape index (κ1) is 9.06. The molecule has 0 aliphatic heterocycles. The van der Waals surface area contributed by atoms with Gasteiger partial charge in [0.2, 0.25) is 0 Å². The Hall–Kier alpha value is -0.510. The van der Waals surface area contributed by atoms with E-state index in [1.165, 1.54) is 4.88 Å². The van der Waals surface area contributed by atoms with Gasteiger partial charge in [-0.15, -0.1) is 24.0 Å². The molecule has 2 aromatic rings. The Labute approximate surface area is 86.4 Å². The van der Waals surface area contributed by atoms with Gasteiger partial charge in [-0.05, 0) is 24.6 Å². The van der Waals surface area contributed by atoms with Crippen molar-refractivity contribution in [2.75, 3.05) is 0 Å². The summed E-state index contributed by atoms with van der Waals surface area (Å²) in [6.07, 6.45) is 0. The molecule has 0 spiro atoms. The average molecular weight is 210 g/mol. The minimum Gasteiger partial charge on any atom is -0.392 e. The molecule has 2 rings (SSSR count). The maximum Gasteiger partial charge on any atom is 0.0695 e. The van der Waals surface area contributed by atoms with Crippen molar-refractivity contribution in [1.82, 2.24) is 0 Å². The number of aliphatic hydroxyl groups excluding tert-OH is 1. The number of thiol groups is 1. The number of benzene rings is 1. The fourth-order valence-electron chi connectivity index (χ4n) is 1.41. The van der Waals surface area contributed by atoms with Crippen LogP contribution in [0.4, 0.5) is 0 Å². The highest BCUT2D eigenvalue weighted by Gasteiger charge is 2.06. The van der Waals surface area contributed by atoms with E-state index in [-0.39, 0.29) is 6.61 Å². The largest absolute Gasteiger partial charge is 0.392 e. The lowest BCUT2D eigenvalue weighted by molar-refractivity contribution is 0.283. The van der Waals surface area contributed by atoms with Crippen LogP contribution in [0.5, 0.6) is 0 Å². The predicted molar refractivity (Wildman–Crippen MR) is 59.7 cm³/mol. The Kier molecular flexibility index (Phi) is 2.32. The summed E-state index contributed by atoms with van der Waals surface area (Å²) in [6, 6.07) is 5.98. The van der Waals surface area contributed by atoms with E-state index in [1.807, 2.05) is 12.1 Å². The van der Waals surface area contributed by atoms with Crippen LogP contribution in [0.2, 0.25) is 0 Å². The first-order chi connectivity index (χ1) is 6.22. The fourth-order valence-corrected chi connectivity index (χ4v) is 2.78. The molecule has 0 aliphatic rings. The maximum atomic E-state index is 9.12. The third-order valence-corrected chi connectivity index (χ3v) is 3.55. The summed E-state index contributed by atoms with van der Waals surface area (Å²) in [6.45, 7) is 2.17. The van der Waals surface area contributed by atoms with Crippen molar-refractivity contribution in [2.45, 2.75) is 18.4 Å². The topological polar surface area (TPSA) is 20.2 Å². The molecular formula is C10H10OS2. The molecule has 0 amide bonds. The van der Waals surface area contributed by atoms with E-state index < -0.39 is 0 Å². The van der Waals surface area contributed by atoms with Gasteiger partial charge in [-0.3, -0.25) is 0 Å². The Morgan fingerprint density at radius 2 is 2.23 bits per heavy atom. The summed E-state index contributed by atoms with van der Waals surface area (Å²) in [5.74, 6) is 0. The normalized spacial score (nSPS) is 11.0. The predicted octanol–water partition coefficient (Wildman–Crippen LogP) is 2.99. The molecule has 0 fully saturated rings. The van der Waals surface area contributed by atoms with Gasteiger partial charge in [0.25, 0.3) is 0 Å². The lowest BCUT2D eigenvalue weighted by Crippen LogP contribution is -1.82. The standard InChI is InChI=1S/C10H10OS2/c1-6-4-8-9(12)3-2-7(5-11)10(8)13-6/h2-4,11-12H,5H2,1H3. The van der Waals surface area contributed by atoms with Gasteiger partial charge in [-0.2, -0.15) is 0 Å². The molecule has 1 aromatic heterocycles. The number of aryl methyl sites for hydroxylation is 1. The second-order valence-corrected chi connectivity index (χ2v) is 4.74. The summed E-state index contributed by atoms with van der Waals surface area (Å²) in [7, 11) is 0. The van der Waals surface area contributed by atoms with Gasteiger partial charge in [0.1, 0.15) is 0 Å². The van der Waals surface area contributed by atoms with Crippen molar-refractivity contribution in [3.8, 4) is 0 Å². The summed E-state index contributed by atoms with van der Waals surface area (Å²) >= 11 is 6.08. The smallest absolute Gasteiger partial charge is 0.0695 e. The van der Waals surface area contributed by atoms with Crippen molar-refractivity contribution < 1.29 is 5.11 Å². The zero-order valence-corrected chi connectivity index (χ0v) is 8.95. The lowest BCUT2D eigenvalue weighted by atomic mass is 10.2. The second kappa shape index (κ2) is 3.33. The van der Waals surface area contributed by atoms with Gasteiger partial charge >= 0.3 is 0 Å². The lowest BCUT2D eigenvalue weighted by Gasteiger charge is -1.99. The third-order valence-electron chi connectivity index (χ3n) is 2.04. The summed E-state index contributed by atoms with van der Waals surface area (Å²) in [5.41, 5.74) is 0.992. The van der Waals surface area contributed by atoms with Crippen LogP contribution in [0.1, 0.15) is 10.4 Å². The average Bonchev–Trinajstić information content (AvgIpc) is 2.48. The SMILES string of the molecule is Cc1cc2c(S)ccc(CO)c2s1. The summed E-state index contributed by atoms with van der Waals surface area (Å²) < 4.78 is 1.16. The molecule has 68 valence electrons. The Morgan fingerprint density at radius 3 is 2.92 bits per heavy atom. The van der Waals surface area contributed by atoms with Crippen LogP contribution >= 0.6 is 24.0 Å². The fraction of sp³-hybridized carbons (Fsp3) is 0.200. The first-order valence-electron chi connectivity index (χ1n) is 4.04. The maximum absolute atomic E-state index is 9.12. The Morgan fingerprint density at radius 1 is 1.46 bits per heavy atom. The van der Waals surface area contributed by atoms with Crippen molar-refractivity contribution in [2.24, 2.45) is 0 Å². The van der Waals surface area contributed by atoms with Crippen molar-refractivity contribution in [3.63, 3.8) is 0 Å². The number of thiophene rings is 1. The van der Waals surface area contributed by atoms with Crippen molar-refractivity contribution >= 4 is 34.1 Å². The van der Waals surface area contributed by atoms with E-state index in [0.717, 1.165) is 20.5 Å². The Bertz CT molecular complexity index is 445. The molecule has 1 N–H and O–H groups in total. The van der Waals surface area contributed by atoms with Crippen LogP contribution in [0.15, 0.2) is 23.1 Å². The van der Waals surface area contributed by atoms with Crippen LogP contribution in [0.3, 0.4) is 0 Å². The third kappa shape index (κ3) is 1.47. The molecule has 0 saturated carbocycles. The molecule has 0 saturated heterocycles. The number of hydrogen-bond donors (Lipinski definition) is 2. The van der Waals surface area contributed by atoms with Crippen LogP contribution in [-0.4, -0.2) is 5.11 Å². The van der Waals surface area contributed by atoms with Crippen LogP contribution in [0, 0.1) is 6.92 Å². The quantitative estimate of drug-likeness (QED) is 0.693. The van der Waals surface area contributed by atoms with E-state index in [9.17, 15) is 0 Å². The molecule has 1 aromatic carbocycles. The molecule has 13 heavy (non-hydrogen) atoms. The second-order valence-electron chi connectivity index (χ2n) is 3.00. The van der Waals surface area contributed by atoms with Crippen LogP contribution in [0.25, 0.3) is 10.1 Å². The zero-order valence-electron chi connectivity index (χ0n) is 7.24.